The molecular formula is C28H23N5O. The van der Waals surface area contributed by atoms with Crippen molar-refractivity contribution in [2.45, 2.75) is 13.3 Å². The topological polar surface area (TPSA) is 79.5 Å². The highest BCUT2D eigenvalue weighted by Gasteiger charge is 2.16. The van der Waals surface area contributed by atoms with Gasteiger partial charge < -0.3 is 14.7 Å². The lowest BCUT2D eigenvalue weighted by molar-refractivity contribution is 0.416. The van der Waals surface area contributed by atoms with Crippen molar-refractivity contribution in [3.63, 3.8) is 0 Å². The Balaban J connectivity index is 1.77. The highest BCUT2D eigenvalue weighted by atomic mass is 16.5. The fourth-order valence-corrected chi connectivity index (χ4v) is 4.53. The number of ether oxygens (including phenoxy) is 1. The largest absolute Gasteiger partial charge is 0.492 e. The molecule has 6 heteroatoms. The molecule has 34 heavy (non-hydrogen) atoms. The molecular weight excluding hydrogens is 422 g/mol. The molecule has 166 valence electrons. The number of H-pyrrole nitrogens is 2. The van der Waals surface area contributed by atoms with E-state index in [2.05, 4.69) is 52.2 Å². The van der Waals surface area contributed by atoms with Crippen molar-refractivity contribution < 1.29 is 4.74 Å². The zero-order valence-electron chi connectivity index (χ0n) is 19.0. The first-order valence-electron chi connectivity index (χ1n) is 11.3. The maximum atomic E-state index is 5.75. The van der Waals surface area contributed by atoms with Gasteiger partial charge in [-0.1, -0.05) is 13.0 Å². The molecule has 0 saturated carbocycles. The molecule has 0 spiro atoms. The van der Waals surface area contributed by atoms with Gasteiger partial charge in [-0.2, -0.15) is 0 Å². The molecule has 4 aromatic heterocycles. The van der Waals surface area contributed by atoms with Crippen LogP contribution in [0.15, 0.2) is 54.7 Å². The van der Waals surface area contributed by atoms with Crippen LogP contribution in [0.4, 0.5) is 0 Å². The first kappa shape index (κ1) is 20.2. The summed E-state index contributed by atoms with van der Waals surface area (Å²) in [6.45, 7) is 2.13. The lowest BCUT2D eigenvalue weighted by Crippen LogP contribution is -1.93. The zero-order chi connectivity index (χ0) is 23.1. The van der Waals surface area contributed by atoms with Crippen molar-refractivity contribution in [1.82, 2.24) is 24.9 Å². The third-order valence-electron chi connectivity index (χ3n) is 6.11. The molecule has 2 aliphatic rings. The van der Waals surface area contributed by atoms with E-state index >= 15 is 0 Å². The number of nitrogens with zero attached hydrogens (tertiary/aromatic N) is 3. The van der Waals surface area contributed by atoms with Gasteiger partial charge >= 0.3 is 0 Å². The lowest BCUT2D eigenvalue weighted by Gasteiger charge is -2.03. The second-order valence-corrected chi connectivity index (χ2v) is 8.19. The predicted molar refractivity (Wildman–Crippen MR) is 138 cm³/mol. The van der Waals surface area contributed by atoms with E-state index in [1.165, 1.54) is 0 Å². The van der Waals surface area contributed by atoms with Gasteiger partial charge in [0.1, 0.15) is 5.69 Å². The Morgan fingerprint density at radius 3 is 2.15 bits per heavy atom. The van der Waals surface area contributed by atoms with Crippen LogP contribution in [0, 0.1) is 0 Å². The number of aromatic nitrogens is 5. The SMILES string of the molecule is CCc1c2nc(c(OC)c3ccc(cc4ccc([nH]4)c(-c4ccccn4)c4nc1C=C4)[nH]3)C=C2. The molecule has 6 nitrogen and oxygen atoms in total. The van der Waals surface area contributed by atoms with Crippen LogP contribution in [0.3, 0.4) is 0 Å². The van der Waals surface area contributed by atoms with E-state index in [1.807, 2.05) is 48.7 Å². The quantitative estimate of drug-likeness (QED) is 0.336. The van der Waals surface area contributed by atoms with Crippen molar-refractivity contribution >= 4 is 46.4 Å². The Hall–Kier alpha value is -4.45. The molecule has 0 atom stereocenters. The number of fused-ring (bicyclic) bond motifs is 8. The van der Waals surface area contributed by atoms with Gasteiger partial charge in [0.25, 0.3) is 0 Å². The van der Waals surface area contributed by atoms with Crippen LogP contribution in [0.2, 0.25) is 0 Å². The van der Waals surface area contributed by atoms with Gasteiger partial charge in [-0.25, -0.2) is 9.97 Å². The van der Waals surface area contributed by atoms with E-state index < -0.39 is 0 Å². The molecule has 6 heterocycles. The average molecular weight is 446 g/mol. The number of methoxy groups -OCH3 is 1. The molecule has 0 radical (unpaired) electrons. The van der Waals surface area contributed by atoms with E-state index in [9.17, 15) is 0 Å². The molecule has 0 unspecified atom stereocenters. The number of hydrogen-bond donors (Lipinski definition) is 2. The van der Waals surface area contributed by atoms with Gasteiger partial charge in [-0.05, 0) is 73.2 Å². The Morgan fingerprint density at radius 1 is 0.765 bits per heavy atom. The van der Waals surface area contributed by atoms with E-state index in [0.29, 0.717) is 5.75 Å². The summed E-state index contributed by atoms with van der Waals surface area (Å²) >= 11 is 0. The number of nitrogens with one attached hydrogen (secondary N) is 2. The number of pyridine rings is 1. The van der Waals surface area contributed by atoms with E-state index in [1.54, 1.807) is 7.11 Å². The summed E-state index contributed by atoms with van der Waals surface area (Å²) in [6, 6.07) is 16.2. The van der Waals surface area contributed by atoms with Crippen LogP contribution in [-0.4, -0.2) is 32.0 Å². The molecule has 0 aliphatic carbocycles. The van der Waals surface area contributed by atoms with Gasteiger partial charge in [0.05, 0.1) is 40.9 Å². The molecule has 2 aliphatic heterocycles. The Labute approximate surface area is 196 Å². The Kier molecular flexibility index (Phi) is 4.84. The van der Waals surface area contributed by atoms with Crippen LogP contribution in [0.25, 0.3) is 57.6 Å². The first-order valence-corrected chi connectivity index (χ1v) is 11.3. The minimum Gasteiger partial charge on any atom is -0.492 e. The molecule has 0 amide bonds. The van der Waals surface area contributed by atoms with Crippen molar-refractivity contribution in [2.24, 2.45) is 0 Å². The first-order chi connectivity index (χ1) is 16.7. The zero-order valence-corrected chi connectivity index (χ0v) is 19.0. The molecule has 4 aromatic rings. The number of aromatic amines is 2. The monoisotopic (exact) mass is 445 g/mol. The summed E-state index contributed by atoms with van der Waals surface area (Å²) < 4.78 is 5.75. The smallest absolute Gasteiger partial charge is 0.167 e. The van der Waals surface area contributed by atoms with Gasteiger partial charge in [0.15, 0.2) is 5.75 Å². The number of rotatable bonds is 3. The predicted octanol–water partition coefficient (Wildman–Crippen LogP) is 6.29. The highest BCUT2D eigenvalue weighted by molar-refractivity contribution is 5.90. The summed E-state index contributed by atoms with van der Waals surface area (Å²) in [5.74, 6) is 0.711. The van der Waals surface area contributed by atoms with Crippen molar-refractivity contribution in [1.29, 1.82) is 0 Å². The summed E-state index contributed by atoms with van der Waals surface area (Å²) in [6.07, 6.45) is 10.8. The molecule has 0 saturated heterocycles. The molecule has 6 rings (SSSR count). The fraction of sp³-hybridized carbons (Fsp3) is 0.107. The van der Waals surface area contributed by atoms with Crippen LogP contribution in [0.5, 0.6) is 5.75 Å². The van der Waals surface area contributed by atoms with E-state index in [0.717, 1.165) is 68.1 Å². The van der Waals surface area contributed by atoms with Crippen molar-refractivity contribution in [3.8, 4) is 17.0 Å². The maximum Gasteiger partial charge on any atom is 0.167 e. The Bertz CT molecular complexity index is 1620. The van der Waals surface area contributed by atoms with Crippen LogP contribution in [0.1, 0.15) is 35.3 Å². The van der Waals surface area contributed by atoms with Gasteiger partial charge in [0, 0.05) is 28.4 Å². The highest BCUT2D eigenvalue weighted by Crippen LogP contribution is 2.31. The van der Waals surface area contributed by atoms with Gasteiger partial charge in [0.2, 0.25) is 0 Å². The molecule has 0 fully saturated rings. The second kappa shape index (κ2) is 8.15. The van der Waals surface area contributed by atoms with Crippen LogP contribution < -0.4 is 4.74 Å². The third kappa shape index (κ3) is 3.40. The summed E-state index contributed by atoms with van der Waals surface area (Å²) in [7, 11) is 1.67. The van der Waals surface area contributed by atoms with E-state index in [-0.39, 0.29) is 0 Å². The summed E-state index contributed by atoms with van der Waals surface area (Å²) in [5, 5.41) is 0. The maximum absolute atomic E-state index is 5.75. The van der Waals surface area contributed by atoms with Crippen molar-refractivity contribution in [3.05, 3.63) is 83.1 Å². The second-order valence-electron chi connectivity index (χ2n) is 8.19. The van der Waals surface area contributed by atoms with Crippen LogP contribution >= 0.6 is 0 Å². The number of hydrogen-bond acceptors (Lipinski definition) is 4. The van der Waals surface area contributed by atoms with Gasteiger partial charge in [-0.3, -0.25) is 4.98 Å². The van der Waals surface area contributed by atoms with Gasteiger partial charge in [-0.15, -0.1) is 0 Å². The molecule has 8 bridgehead atoms. The van der Waals surface area contributed by atoms with E-state index in [4.69, 9.17) is 14.7 Å². The Morgan fingerprint density at radius 2 is 1.44 bits per heavy atom. The standard InChI is InChI=1S/C28H23N5O/c1-3-19-20-11-13-24(32-20)27(22-6-4-5-15-29-22)23-9-7-17(30-23)16-18-8-10-25(31-18)28(34-2)26-14-12-21(19)33-26/h4-16,30-31H,3H2,1-2H3. The summed E-state index contributed by atoms with van der Waals surface area (Å²) in [4.78, 5) is 21.6. The minimum absolute atomic E-state index is 0.711. The fourth-order valence-electron chi connectivity index (χ4n) is 4.53. The molecule has 2 N–H and O–H groups in total. The minimum atomic E-state index is 0.711. The molecule has 0 aromatic carbocycles. The van der Waals surface area contributed by atoms with Crippen molar-refractivity contribution in [2.75, 3.05) is 7.11 Å². The lowest BCUT2D eigenvalue weighted by atomic mass is 10.1. The van der Waals surface area contributed by atoms with Crippen LogP contribution in [-0.2, 0) is 6.42 Å². The average Bonchev–Trinajstić information content (AvgIpc) is 3.66. The normalized spacial score (nSPS) is 12.3. The summed E-state index contributed by atoms with van der Waals surface area (Å²) in [5.41, 5.74) is 10.2. The third-order valence-corrected chi connectivity index (χ3v) is 6.11.